The van der Waals surface area contributed by atoms with Gasteiger partial charge in [0.1, 0.15) is 22.8 Å². The Kier molecular flexibility index (Phi) is 10.7. The maximum absolute atomic E-state index is 14.9. The third kappa shape index (κ3) is 8.14. The lowest BCUT2D eigenvalue weighted by Crippen LogP contribution is -2.49. The number of H-pyrrole nitrogens is 1. The number of non-ortho nitro benzene ring substituents is 1. The maximum atomic E-state index is 14.9. The topological polar surface area (TPSA) is 117 Å². The number of nitrogens with zero attached hydrogens (tertiary/aromatic N) is 5. The lowest BCUT2D eigenvalue weighted by Gasteiger charge is -2.38. The molecule has 6 rings (SSSR count). The number of nitro groups is 1. The fraction of sp³-hybridized carbons (Fsp3) is 0.562. The van der Waals surface area contributed by atoms with Gasteiger partial charge in [-0.1, -0.05) is 0 Å². The summed E-state index contributed by atoms with van der Waals surface area (Å²) in [5, 5.41) is 11.3. The van der Waals surface area contributed by atoms with E-state index < -0.39 is 22.1 Å². The molecule has 0 bridgehead atoms. The number of aromatic amines is 1. The second-order valence-electron chi connectivity index (χ2n) is 12.3. The van der Waals surface area contributed by atoms with Gasteiger partial charge in [-0.15, -0.1) is 0 Å². The number of nitrogens with one attached hydrogen (secondary N) is 1. The molecule has 3 aliphatic rings. The van der Waals surface area contributed by atoms with Crippen molar-refractivity contribution in [3.8, 4) is 5.75 Å². The summed E-state index contributed by atoms with van der Waals surface area (Å²) in [4.78, 5) is 37.0. The van der Waals surface area contributed by atoms with Gasteiger partial charge in [0.25, 0.3) is 11.2 Å². The van der Waals surface area contributed by atoms with Gasteiger partial charge in [0.05, 0.1) is 34.6 Å². The number of likely N-dealkylation sites (tertiary alicyclic amines) is 1. The average Bonchev–Trinajstić information content (AvgIpc) is 3.06. The molecule has 0 aliphatic carbocycles. The zero-order valence-electron chi connectivity index (χ0n) is 25.8. The smallest absolute Gasteiger partial charge is 0.272 e. The Morgan fingerprint density at radius 3 is 2.39 bits per heavy atom. The van der Waals surface area contributed by atoms with E-state index in [4.69, 9.17) is 9.47 Å². The van der Waals surface area contributed by atoms with E-state index in [9.17, 15) is 23.7 Å². The summed E-state index contributed by atoms with van der Waals surface area (Å²) in [6.07, 6.45) is 3.91. The van der Waals surface area contributed by atoms with Crippen LogP contribution in [0.2, 0.25) is 0 Å². The van der Waals surface area contributed by atoms with Crippen LogP contribution in [0.1, 0.15) is 31.5 Å². The monoisotopic (exact) mass is 658 g/mol. The number of aromatic nitrogens is 2. The molecule has 14 heteroatoms. The maximum Gasteiger partial charge on any atom is 0.272 e. The molecule has 1 aromatic heterocycles. The number of hydrogen-bond donors (Lipinski definition) is 1. The molecule has 3 aromatic rings. The Labute approximate surface area is 270 Å². The second kappa shape index (κ2) is 15.1. The van der Waals surface area contributed by atoms with Crippen molar-refractivity contribution in [2.45, 2.75) is 36.7 Å². The van der Waals surface area contributed by atoms with Crippen LogP contribution in [0, 0.1) is 27.7 Å². The molecule has 2 aromatic carbocycles. The number of fused-ring (bicyclic) bond motifs is 1. The standard InChI is InChI=1S/C32H40F2N6O5S/c33-26-17-23(40(42)43)1-2-29(26)39-13-11-38(12-14-39)10-9-37-7-3-22(4-8-37)20-45-24-18-27(34)31-28(19-24)35-30(36-32(31)41)21-46-25-5-15-44-16-6-25/h1-2,17-19,22,25H,3-16,20-21H2,(H,35,36,41). The molecule has 11 nitrogen and oxygen atoms in total. The molecule has 0 amide bonds. The van der Waals surface area contributed by atoms with E-state index in [0.717, 1.165) is 84.2 Å². The Morgan fingerprint density at radius 1 is 0.978 bits per heavy atom. The number of ether oxygens (including phenoxy) is 2. The molecule has 248 valence electrons. The van der Waals surface area contributed by atoms with Crippen LogP contribution < -0.4 is 15.2 Å². The fourth-order valence-electron chi connectivity index (χ4n) is 6.39. The summed E-state index contributed by atoms with van der Waals surface area (Å²) < 4.78 is 40.8. The van der Waals surface area contributed by atoms with Gasteiger partial charge in [0.15, 0.2) is 5.82 Å². The minimum absolute atomic E-state index is 0.0413. The first kappa shape index (κ1) is 32.6. The minimum Gasteiger partial charge on any atom is -0.493 e. The molecule has 1 N–H and O–H groups in total. The van der Waals surface area contributed by atoms with Gasteiger partial charge in [-0.2, -0.15) is 11.8 Å². The van der Waals surface area contributed by atoms with Gasteiger partial charge in [-0.25, -0.2) is 13.8 Å². The summed E-state index contributed by atoms with van der Waals surface area (Å²) in [6, 6.07) is 6.78. The number of hydrogen-bond acceptors (Lipinski definition) is 10. The van der Waals surface area contributed by atoms with Crippen LogP contribution in [-0.4, -0.2) is 102 Å². The average molecular weight is 659 g/mol. The number of halogens is 2. The SMILES string of the molecule is O=c1[nH]c(CSC2CCOCC2)nc2cc(OCC3CCN(CCN4CCN(c5ccc([N+](=O)[O-])cc5F)CC4)CC3)cc(F)c12. The third-order valence-electron chi connectivity index (χ3n) is 9.19. The number of nitro benzene ring substituents is 1. The Morgan fingerprint density at radius 2 is 1.70 bits per heavy atom. The first-order valence-electron chi connectivity index (χ1n) is 16.0. The van der Waals surface area contributed by atoms with Gasteiger partial charge in [0, 0.05) is 75.9 Å². The molecule has 0 radical (unpaired) electrons. The first-order chi connectivity index (χ1) is 22.3. The van der Waals surface area contributed by atoms with E-state index in [0.29, 0.717) is 59.4 Å². The van der Waals surface area contributed by atoms with E-state index in [1.807, 2.05) is 4.90 Å². The molecule has 4 heterocycles. The van der Waals surface area contributed by atoms with Crippen molar-refractivity contribution in [3.63, 3.8) is 0 Å². The lowest BCUT2D eigenvalue weighted by molar-refractivity contribution is -0.385. The predicted molar refractivity (Wildman–Crippen MR) is 174 cm³/mol. The molecule has 46 heavy (non-hydrogen) atoms. The summed E-state index contributed by atoms with van der Waals surface area (Å²) >= 11 is 1.74. The van der Waals surface area contributed by atoms with Crippen molar-refractivity contribution >= 4 is 34.0 Å². The molecule has 3 saturated heterocycles. The van der Waals surface area contributed by atoms with E-state index >= 15 is 0 Å². The van der Waals surface area contributed by atoms with Crippen LogP contribution in [0.5, 0.6) is 5.75 Å². The van der Waals surface area contributed by atoms with Crippen LogP contribution >= 0.6 is 11.8 Å². The van der Waals surface area contributed by atoms with E-state index in [2.05, 4.69) is 19.8 Å². The minimum atomic E-state index is -0.626. The van der Waals surface area contributed by atoms with Crippen molar-refractivity contribution in [2.24, 2.45) is 5.92 Å². The Balaban J connectivity index is 0.931. The van der Waals surface area contributed by atoms with Gasteiger partial charge < -0.3 is 24.3 Å². The molecule has 0 saturated carbocycles. The third-order valence-corrected chi connectivity index (χ3v) is 10.6. The Bertz CT molecular complexity index is 1570. The van der Waals surface area contributed by atoms with Crippen molar-refractivity contribution in [1.82, 2.24) is 19.8 Å². The van der Waals surface area contributed by atoms with Crippen LogP contribution in [-0.2, 0) is 10.5 Å². The second-order valence-corrected chi connectivity index (χ2v) is 13.5. The summed E-state index contributed by atoms with van der Waals surface area (Å²) in [6.45, 7) is 8.73. The largest absolute Gasteiger partial charge is 0.493 e. The van der Waals surface area contributed by atoms with Crippen molar-refractivity contribution in [1.29, 1.82) is 0 Å². The zero-order valence-corrected chi connectivity index (χ0v) is 26.6. The lowest BCUT2D eigenvalue weighted by atomic mass is 9.98. The molecule has 3 fully saturated rings. The van der Waals surface area contributed by atoms with Crippen LogP contribution in [0.15, 0.2) is 35.1 Å². The van der Waals surface area contributed by atoms with Gasteiger partial charge in [-0.3, -0.25) is 19.8 Å². The molecule has 0 atom stereocenters. The van der Waals surface area contributed by atoms with Crippen LogP contribution in [0.25, 0.3) is 10.9 Å². The Hall–Kier alpha value is -3.33. The summed E-state index contributed by atoms with van der Waals surface area (Å²) in [5.41, 5.74) is 0.0211. The number of piperazine rings is 1. The molecular weight excluding hydrogens is 618 g/mol. The molecule has 3 aliphatic heterocycles. The van der Waals surface area contributed by atoms with Crippen LogP contribution in [0.3, 0.4) is 0 Å². The summed E-state index contributed by atoms with van der Waals surface area (Å²) in [7, 11) is 0. The van der Waals surface area contributed by atoms with Crippen LogP contribution in [0.4, 0.5) is 20.2 Å². The summed E-state index contributed by atoms with van der Waals surface area (Å²) in [5.74, 6) is 0.656. The van der Waals surface area contributed by atoms with E-state index in [-0.39, 0.29) is 11.1 Å². The highest BCUT2D eigenvalue weighted by atomic mass is 32.2. The van der Waals surface area contributed by atoms with Gasteiger partial charge in [0.2, 0.25) is 0 Å². The van der Waals surface area contributed by atoms with Crippen molar-refractivity contribution < 1.29 is 23.2 Å². The predicted octanol–water partition coefficient (Wildman–Crippen LogP) is 4.43. The van der Waals surface area contributed by atoms with E-state index in [1.54, 1.807) is 17.8 Å². The van der Waals surface area contributed by atoms with Gasteiger partial charge >= 0.3 is 0 Å². The highest BCUT2D eigenvalue weighted by Gasteiger charge is 2.24. The number of rotatable bonds is 11. The number of piperidine rings is 1. The highest BCUT2D eigenvalue weighted by Crippen LogP contribution is 2.28. The quantitative estimate of drug-likeness (QED) is 0.234. The molecular formula is C32H40F2N6O5S. The zero-order chi connectivity index (χ0) is 32.0. The first-order valence-corrected chi connectivity index (χ1v) is 17.1. The number of thioether (sulfide) groups is 1. The van der Waals surface area contributed by atoms with Gasteiger partial charge in [-0.05, 0) is 50.8 Å². The highest BCUT2D eigenvalue weighted by molar-refractivity contribution is 7.99. The number of anilines is 1. The van der Waals surface area contributed by atoms with E-state index in [1.165, 1.54) is 18.2 Å². The fourth-order valence-corrected chi connectivity index (χ4v) is 7.45. The van der Waals surface area contributed by atoms with Crippen molar-refractivity contribution in [2.75, 3.05) is 77.1 Å². The molecule has 0 spiro atoms. The molecule has 0 unspecified atom stereocenters. The number of benzene rings is 2. The normalized spacial score (nSPS) is 19.1. The van der Waals surface area contributed by atoms with Crippen molar-refractivity contribution in [3.05, 3.63) is 68.3 Å².